The third-order valence-electron chi connectivity index (χ3n) is 3.57. The van der Waals surface area contributed by atoms with E-state index in [0.29, 0.717) is 4.84 Å². The zero-order valence-electron chi connectivity index (χ0n) is 10.3. The molecular weight excluding hydrogens is 262 g/mol. The fourth-order valence-corrected chi connectivity index (χ4v) is 4.17. The maximum atomic E-state index is 5.60. The number of hydrogen-bond acceptors (Lipinski definition) is 3. The van der Waals surface area contributed by atoms with Gasteiger partial charge in [-0.1, -0.05) is 31.4 Å². The van der Waals surface area contributed by atoms with Crippen molar-refractivity contribution in [3.63, 3.8) is 0 Å². The van der Waals surface area contributed by atoms with E-state index in [9.17, 15) is 0 Å². The molecule has 1 fully saturated rings. The van der Waals surface area contributed by atoms with Crippen molar-refractivity contribution in [2.45, 2.75) is 43.2 Å². The van der Waals surface area contributed by atoms with E-state index >= 15 is 0 Å². The summed E-state index contributed by atoms with van der Waals surface area (Å²) in [6, 6.07) is 8.08. The minimum atomic E-state index is 0.597. The standard InChI is InChI=1S/C14H17NOS2/c17-14-15(10-18-11-6-2-1-3-7-11)12-8-4-5-9-13(12)16-14/h4-5,8-9,11H,1-3,6-7,10H2. The van der Waals surface area contributed by atoms with Crippen molar-refractivity contribution < 1.29 is 4.42 Å². The number of aromatic nitrogens is 1. The Balaban J connectivity index is 1.77. The molecule has 0 N–H and O–H groups in total. The molecule has 18 heavy (non-hydrogen) atoms. The van der Waals surface area contributed by atoms with E-state index in [4.69, 9.17) is 16.6 Å². The summed E-state index contributed by atoms with van der Waals surface area (Å²) in [7, 11) is 0. The summed E-state index contributed by atoms with van der Waals surface area (Å²) in [6.45, 7) is 0. The van der Waals surface area contributed by atoms with E-state index in [1.807, 2.05) is 30.0 Å². The van der Waals surface area contributed by atoms with Crippen molar-refractivity contribution in [1.82, 2.24) is 4.57 Å². The van der Waals surface area contributed by atoms with E-state index in [2.05, 4.69) is 10.6 Å². The molecule has 0 atom stereocenters. The lowest BCUT2D eigenvalue weighted by molar-refractivity contribution is 0.514. The summed E-state index contributed by atoms with van der Waals surface area (Å²) < 4.78 is 7.72. The third-order valence-corrected chi connectivity index (χ3v) is 5.22. The average molecular weight is 279 g/mol. The Hall–Kier alpha value is -0.740. The van der Waals surface area contributed by atoms with Gasteiger partial charge in [0.1, 0.15) is 0 Å². The van der Waals surface area contributed by atoms with Gasteiger partial charge in [-0.2, -0.15) is 0 Å². The van der Waals surface area contributed by atoms with Gasteiger partial charge in [-0.05, 0) is 37.2 Å². The third kappa shape index (κ3) is 2.50. The molecule has 0 aliphatic heterocycles. The van der Waals surface area contributed by atoms with Crippen LogP contribution in [-0.2, 0) is 5.88 Å². The molecule has 0 saturated heterocycles. The Bertz CT molecular complexity index is 581. The number of nitrogens with zero attached hydrogens (tertiary/aromatic N) is 1. The molecule has 2 aromatic rings. The summed E-state index contributed by atoms with van der Waals surface area (Å²) in [6.07, 6.45) is 6.89. The highest BCUT2D eigenvalue weighted by Gasteiger charge is 2.15. The van der Waals surface area contributed by atoms with Crippen molar-refractivity contribution in [1.29, 1.82) is 0 Å². The minimum absolute atomic E-state index is 0.597. The molecule has 1 heterocycles. The molecule has 1 aliphatic rings. The van der Waals surface area contributed by atoms with E-state index in [-0.39, 0.29) is 0 Å². The summed E-state index contributed by atoms with van der Waals surface area (Å²) in [5.74, 6) is 0.917. The zero-order valence-corrected chi connectivity index (χ0v) is 11.9. The Morgan fingerprint density at radius 1 is 1.22 bits per heavy atom. The van der Waals surface area contributed by atoms with Gasteiger partial charge in [-0.25, -0.2) is 0 Å². The Labute approximate surface area is 116 Å². The molecule has 1 aromatic carbocycles. The summed E-state index contributed by atoms with van der Waals surface area (Å²) in [5, 5.41) is 0.800. The number of thioether (sulfide) groups is 1. The van der Waals surface area contributed by atoms with Gasteiger partial charge in [-0.15, -0.1) is 11.8 Å². The van der Waals surface area contributed by atoms with Crippen LogP contribution in [0, 0.1) is 4.84 Å². The first-order valence-corrected chi connectivity index (χ1v) is 8.00. The van der Waals surface area contributed by atoms with Gasteiger partial charge < -0.3 is 4.42 Å². The predicted octanol–water partition coefficient (Wildman–Crippen LogP) is 4.99. The molecule has 0 unspecified atom stereocenters. The topological polar surface area (TPSA) is 18.1 Å². The molecule has 0 radical (unpaired) electrons. The number of rotatable bonds is 3. The van der Waals surface area contributed by atoms with Crippen molar-refractivity contribution in [3.8, 4) is 0 Å². The molecule has 1 aliphatic carbocycles. The fraction of sp³-hybridized carbons (Fsp3) is 0.500. The quantitative estimate of drug-likeness (QED) is 0.737. The van der Waals surface area contributed by atoms with Crippen LogP contribution in [0.15, 0.2) is 28.7 Å². The van der Waals surface area contributed by atoms with Gasteiger partial charge in [-0.3, -0.25) is 4.57 Å². The molecule has 4 heteroatoms. The van der Waals surface area contributed by atoms with Gasteiger partial charge in [0, 0.05) is 5.25 Å². The van der Waals surface area contributed by atoms with Crippen molar-refractivity contribution in [2.24, 2.45) is 0 Å². The predicted molar refractivity (Wildman–Crippen MR) is 79.5 cm³/mol. The van der Waals surface area contributed by atoms with Crippen LogP contribution in [0.1, 0.15) is 32.1 Å². The van der Waals surface area contributed by atoms with E-state index < -0.39 is 0 Å². The molecular formula is C14H17NOS2. The highest BCUT2D eigenvalue weighted by molar-refractivity contribution is 7.98. The molecule has 2 nitrogen and oxygen atoms in total. The molecule has 96 valence electrons. The fourth-order valence-electron chi connectivity index (χ4n) is 2.55. The number of hydrogen-bond donors (Lipinski definition) is 0. The van der Waals surface area contributed by atoms with Gasteiger partial charge in [0.2, 0.25) is 0 Å². The molecule has 1 saturated carbocycles. The van der Waals surface area contributed by atoms with E-state index in [1.165, 1.54) is 32.1 Å². The van der Waals surface area contributed by atoms with Gasteiger partial charge in [0.05, 0.1) is 11.4 Å². The highest BCUT2D eigenvalue weighted by atomic mass is 32.2. The lowest BCUT2D eigenvalue weighted by Crippen LogP contribution is -2.09. The van der Waals surface area contributed by atoms with Crippen LogP contribution in [0.5, 0.6) is 0 Å². The van der Waals surface area contributed by atoms with Crippen LogP contribution in [0.25, 0.3) is 11.1 Å². The first-order chi connectivity index (χ1) is 8.84. The van der Waals surface area contributed by atoms with Gasteiger partial charge in [0.15, 0.2) is 5.58 Å². The second-order valence-corrected chi connectivity index (χ2v) is 6.43. The second kappa shape index (κ2) is 5.49. The lowest BCUT2D eigenvalue weighted by Gasteiger charge is -2.20. The lowest BCUT2D eigenvalue weighted by atomic mass is 10.0. The Kier molecular flexibility index (Phi) is 3.75. The second-order valence-electron chi connectivity index (χ2n) is 4.82. The summed E-state index contributed by atoms with van der Waals surface area (Å²) in [5.41, 5.74) is 2.01. The van der Waals surface area contributed by atoms with E-state index in [0.717, 1.165) is 22.2 Å². The Morgan fingerprint density at radius 3 is 2.83 bits per heavy atom. The van der Waals surface area contributed by atoms with Crippen LogP contribution in [0.3, 0.4) is 0 Å². The summed E-state index contributed by atoms with van der Waals surface area (Å²) in [4.78, 5) is 0.597. The van der Waals surface area contributed by atoms with Crippen LogP contribution < -0.4 is 0 Å². The number of fused-ring (bicyclic) bond motifs is 1. The van der Waals surface area contributed by atoms with Gasteiger partial charge >= 0.3 is 0 Å². The summed E-state index contributed by atoms with van der Waals surface area (Å²) >= 11 is 7.32. The first-order valence-electron chi connectivity index (χ1n) is 6.54. The SMILES string of the molecule is S=c1oc2ccccc2n1CSC1CCCCC1. The number of para-hydroxylation sites is 2. The molecule has 1 aromatic heterocycles. The molecule has 0 spiro atoms. The monoisotopic (exact) mass is 279 g/mol. The highest BCUT2D eigenvalue weighted by Crippen LogP contribution is 2.30. The minimum Gasteiger partial charge on any atom is -0.429 e. The maximum Gasteiger partial charge on any atom is 0.270 e. The molecule has 0 bridgehead atoms. The zero-order chi connectivity index (χ0) is 12.4. The smallest absolute Gasteiger partial charge is 0.270 e. The first kappa shape index (κ1) is 12.3. The van der Waals surface area contributed by atoms with Crippen molar-refractivity contribution in [2.75, 3.05) is 0 Å². The van der Waals surface area contributed by atoms with Crippen LogP contribution >= 0.6 is 24.0 Å². The molecule has 0 amide bonds. The largest absolute Gasteiger partial charge is 0.429 e. The maximum absolute atomic E-state index is 5.60. The van der Waals surface area contributed by atoms with Crippen molar-refractivity contribution in [3.05, 3.63) is 29.1 Å². The van der Waals surface area contributed by atoms with Crippen molar-refractivity contribution >= 4 is 35.1 Å². The van der Waals surface area contributed by atoms with E-state index in [1.54, 1.807) is 0 Å². The number of oxazole rings is 1. The number of benzene rings is 1. The van der Waals surface area contributed by atoms with Crippen LogP contribution in [0.4, 0.5) is 0 Å². The Morgan fingerprint density at radius 2 is 2.00 bits per heavy atom. The molecule has 3 rings (SSSR count). The normalized spacial score (nSPS) is 17.3. The van der Waals surface area contributed by atoms with Gasteiger partial charge in [0.25, 0.3) is 4.84 Å². The average Bonchev–Trinajstić information content (AvgIpc) is 2.73. The van der Waals surface area contributed by atoms with Crippen LogP contribution in [0.2, 0.25) is 0 Å². The van der Waals surface area contributed by atoms with Crippen LogP contribution in [-0.4, -0.2) is 9.82 Å².